The molecule has 1 aromatic heterocycles. The number of aromatic nitrogens is 1. The summed E-state index contributed by atoms with van der Waals surface area (Å²) >= 11 is 1.48. The van der Waals surface area contributed by atoms with Crippen molar-refractivity contribution in [1.82, 2.24) is 10.3 Å². The van der Waals surface area contributed by atoms with E-state index in [4.69, 9.17) is 9.47 Å². The maximum Gasteiger partial charge on any atom is 0.333 e. The minimum absolute atomic E-state index is 0.204. The fourth-order valence-corrected chi connectivity index (χ4v) is 4.51. The van der Waals surface area contributed by atoms with Crippen molar-refractivity contribution in [2.75, 3.05) is 7.11 Å². The van der Waals surface area contributed by atoms with Gasteiger partial charge in [-0.05, 0) is 45.4 Å². The highest BCUT2D eigenvalue weighted by atomic mass is 32.1. The second kappa shape index (κ2) is 11.3. The van der Waals surface area contributed by atoms with Gasteiger partial charge in [0.05, 0.1) is 13.2 Å². The van der Waals surface area contributed by atoms with Gasteiger partial charge in [0.15, 0.2) is 6.10 Å². The van der Waals surface area contributed by atoms with Gasteiger partial charge in [0, 0.05) is 29.0 Å². The van der Waals surface area contributed by atoms with Crippen LogP contribution in [0.5, 0.6) is 5.75 Å². The third kappa shape index (κ3) is 6.42. The minimum Gasteiger partial charge on any atom is -0.496 e. The van der Waals surface area contributed by atoms with E-state index in [2.05, 4.69) is 10.3 Å². The fourth-order valence-electron chi connectivity index (χ4n) is 3.60. The zero-order valence-corrected chi connectivity index (χ0v) is 20.9. The highest BCUT2D eigenvalue weighted by Crippen LogP contribution is 2.28. The van der Waals surface area contributed by atoms with Crippen LogP contribution in [0.4, 0.5) is 0 Å². The molecule has 34 heavy (non-hydrogen) atoms. The van der Waals surface area contributed by atoms with Gasteiger partial charge in [-0.3, -0.25) is 4.79 Å². The largest absolute Gasteiger partial charge is 0.496 e. The number of ether oxygens (including phenoxy) is 2. The molecule has 1 heterocycles. The molecule has 1 amide bonds. The van der Waals surface area contributed by atoms with Gasteiger partial charge in [-0.1, -0.05) is 35.9 Å². The van der Waals surface area contributed by atoms with Crippen molar-refractivity contribution in [3.8, 4) is 16.3 Å². The van der Waals surface area contributed by atoms with Crippen LogP contribution in [-0.2, 0) is 22.5 Å². The summed E-state index contributed by atoms with van der Waals surface area (Å²) in [6, 6.07) is 13.4. The fraction of sp³-hybridized carbons (Fsp3) is 0.346. The van der Waals surface area contributed by atoms with Crippen molar-refractivity contribution < 1.29 is 24.2 Å². The lowest BCUT2D eigenvalue weighted by atomic mass is 10.0. The molecule has 0 saturated heterocycles. The Morgan fingerprint density at radius 3 is 2.56 bits per heavy atom. The molecule has 180 valence electrons. The number of hydrogen-bond acceptors (Lipinski definition) is 6. The number of aryl methyl sites for hydroxylation is 2. The molecule has 8 heteroatoms. The molecule has 3 rings (SSSR count). The van der Waals surface area contributed by atoms with Crippen molar-refractivity contribution in [2.45, 2.75) is 52.9 Å². The van der Waals surface area contributed by atoms with Gasteiger partial charge in [0.2, 0.25) is 0 Å². The van der Waals surface area contributed by atoms with Crippen LogP contribution in [0.3, 0.4) is 0 Å². The smallest absolute Gasteiger partial charge is 0.333 e. The molecule has 7 nitrogen and oxygen atoms in total. The summed E-state index contributed by atoms with van der Waals surface area (Å²) in [6.07, 6.45) is -0.943. The van der Waals surface area contributed by atoms with E-state index in [9.17, 15) is 14.7 Å². The van der Waals surface area contributed by atoms with Crippen molar-refractivity contribution in [3.05, 3.63) is 69.7 Å². The molecule has 2 N–H and O–H groups in total. The number of nitrogens with one attached hydrogen (secondary N) is 1. The maximum atomic E-state index is 12.9. The normalized spacial score (nSPS) is 11.9. The van der Waals surface area contributed by atoms with Crippen LogP contribution < -0.4 is 10.1 Å². The zero-order valence-electron chi connectivity index (χ0n) is 20.0. The summed E-state index contributed by atoms with van der Waals surface area (Å²) in [4.78, 5) is 29.9. The number of benzene rings is 2. The molecule has 0 aliphatic rings. The van der Waals surface area contributed by atoms with Crippen molar-refractivity contribution in [3.63, 3.8) is 0 Å². The van der Waals surface area contributed by atoms with E-state index < -0.39 is 12.1 Å². The van der Waals surface area contributed by atoms with E-state index in [1.54, 1.807) is 27.0 Å². The van der Waals surface area contributed by atoms with E-state index in [0.29, 0.717) is 11.4 Å². The third-order valence-electron chi connectivity index (χ3n) is 5.19. The molecular formula is C26H30N2O5S. The molecule has 1 unspecified atom stereocenters. The van der Waals surface area contributed by atoms with E-state index >= 15 is 0 Å². The third-order valence-corrected chi connectivity index (χ3v) is 6.21. The van der Waals surface area contributed by atoms with Crippen molar-refractivity contribution in [1.29, 1.82) is 0 Å². The Hall–Kier alpha value is -3.23. The predicted molar refractivity (Wildman–Crippen MR) is 133 cm³/mol. The highest BCUT2D eigenvalue weighted by molar-refractivity contribution is 7.15. The number of thiazole rings is 1. The Morgan fingerprint density at radius 1 is 1.15 bits per heavy atom. The number of carboxylic acids is 1. The Bertz CT molecular complexity index is 1170. The van der Waals surface area contributed by atoms with E-state index in [0.717, 1.165) is 32.1 Å². The summed E-state index contributed by atoms with van der Waals surface area (Å²) in [7, 11) is 1.56. The van der Waals surface area contributed by atoms with Gasteiger partial charge in [-0.25, -0.2) is 9.78 Å². The number of methoxy groups -OCH3 is 1. The first kappa shape index (κ1) is 25.4. The number of amides is 1. The first-order valence-electron chi connectivity index (χ1n) is 11.0. The molecule has 0 radical (unpaired) electrons. The summed E-state index contributed by atoms with van der Waals surface area (Å²) in [5, 5.41) is 13.2. The lowest BCUT2D eigenvalue weighted by Crippen LogP contribution is -2.29. The molecule has 0 spiro atoms. The molecule has 0 saturated carbocycles. The monoisotopic (exact) mass is 482 g/mol. The first-order valence-corrected chi connectivity index (χ1v) is 11.9. The van der Waals surface area contributed by atoms with Gasteiger partial charge in [0.1, 0.15) is 16.5 Å². The number of aliphatic carboxylic acids is 1. The van der Waals surface area contributed by atoms with Crippen LogP contribution in [0.25, 0.3) is 10.6 Å². The zero-order chi connectivity index (χ0) is 24.8. The minimum atomic E-state index is -1.01. The number of hydrogen-bond donors (Lipinski definition) is 2. The highest BCUT2D eigenvalue weighted by Gasteiger charge is 2.21. The number of nitrogens with zero attached hydrogens (tertiary/aromatic N) is 1. The number of carboxylic acid groups (broad SMARTS) is 1. The van der Waals surface area contributed by atoms with Gasteiger partial charge in [-0.15, -0.1) is 11.3 Å². The second-order valence-electron chi connectivity index (χ2n) is 8.34. The topological polar surface area (TPSA) is 97.8 Å². The van der Waals surface area contributed by atoms with E-state index in [1.165, 1.54) is 11.3 Å². The summed E-state index contributed by atoms with van der Waals surface area (Å²) in [5.41, 5.74) is 4.04. The molecular weight excluding hydrogens is 452 g/mol. The van der Waals surface area contributed by atoms with Gasteiger partial charge in [-0.2, -0.15) is 0 Å². The van der Waals surface area contributed by atoms with E-state index in [1.807, 2.05) is 50.2 Å². The molecule has 1 atom stereocenters. The van der Waals surface area contributed by atoms with Crippen molar-refractivity contribution >= 4 is 23.2 Å². The van der Waals surface area contributed by atoms with Crippen LogP contribution in [0.1, 0.15) is 45.9 Å². The van der Waals surface area contributed by atoms with Crippen LogP contribution >= 0.6 is 11.3 Å². The molecule has 0 fully saturated rings. The standard InChI is InChI=1S/C26H30N2O5S/c1-15(2)33-22(26(30)31)13-18-9-10-21(32-5)20(12-18)14-27-24(29)23-17(4)34-25(28-23)19-8-6-7-16(3)11-19/h6-12,15,22H,13-14H2,1-5H3,(H,27,29)(H,30,31). The Kier molecular flexibility index (Phi) is 8.41. The van der Waals surface area contributed by atoms with Crippen LogP contribution in [-0.4, -0.2) is 41.3 Å². The lowest BCUT2D eigenvalue weighted by Gasteiger charge is -2.18. The maximum absolute atomic E-state index is 12.9. The van der Waals surface area contributed by atoms with Gasteiger partial charge < -0.3 is 19.9 Å². The lowest BCUT2D eigenvalue weighted by molar-refractivity contribution is -0.153. The molecule has 0 bridgehead atoms. The molecule has 3 aromatic rings. The molecule has 2 aromatic carbocycles. The molecule has 0 aliphatic carbocycles. The van der Waals surface area contributed by atoms with Gasteiger partial charge in [0.25, 0.3) is 5.91 Å². The first-order chi connectivity index (χ1) is 16.2. The second-order valence-corrected chi connectivity index (χ2v) is 9.54. The van der Waals surface area contributed by atoms with Crippen LogP contribution in [0.2, 0.25) is 0 Å². The predicted octanol–water partition coefficient (Wildman–Crippen LogP) is 4.79. The Labute approximate surface area is 203 Å². The SMILES string of the molecule is COc1ccc(CC(OC(C)C)C(=O)O)cc1CNC(=O)c1nc(-c2cccc(C)c2)sc1C. The summed E-state index contributed by atoms with van der Waals surface area (Å²) in [5.74, 6) is -0.675. The number of rotatable bonds is 10. The average Bonchev–Trinajstić information content (AvgIpc) is 3.18. The molecule has 0 aliphatic heterocycles. The Morgan fingerprint density at radius 2 is 1.91 bits per heavy atom. The number of carbonyl (C=O) groups excluding carboxylic acids is 1. The Balaban J connectivity index is 1.75. The average molecular weight is 483 g/mol. The van der Waals surface area contributed by atoms with Crippen molar-refractivity contribution in [2.24, 2.45) is 0 Å². The van der Waals surface area contributed by atoms with Gasteiger partial charge >= 0.3 is 5.97 Å². The number of carbonyl (C=O) groups is 2. The quantitative estimate of drug-likeness (QED) is 0.431. The summed E-state index contributed by atoms with van der Waals surface area (Å²) < 4.78 is 11.0. The van der Waals surface area contributed by atoms with Crippen LogP contribution in [0, 0.1) is 13.8 Å². The van der Waals surface area contributed by atoms with E-state index in [-0.39, 0.29) is 25.0 Å². The summed E-state index contributed by atoms with van der Waals surface area (Å²) in [6.45, 7) is 7.72. The van der Waals surface area contributed by atoms with Crippen LogP contribution in [0.15, 0.2) is 42.5 Å².